The highest BCUT2D eigenvalue weighted by Crippen LogP contribution is 2.25. The van der Waals surface area contributed by atoms with Crippen LogP contribution in [0.25, 0.3) is 0 Å². The van der Waals surface area contributed by atoms with Gasteiger partial charge in [-0.15, -0.1) is 0 Å². The second-order valence-corrected chi connectivity index (χ2v) is 9.13. The normalized spacial score (nSPS) is 11.5. The lowest BCUT2D eigenvalue weighted by molar-refractivity contribution is 0.102. The van der Waals surface area contributed by atoms with Crippen molar-refractivity contribution in [2.45, 2.75) is 38.0 Å². The molecule has 0 unspecified atom stereocenters. The summed E-state index contributed by atoms with van der Waals surface area (Å²) in [7, 11) is -2.42. The fourth-order valence-electron chi connectivity index (χ4n) is 2.96. The Hall–Kier alpha value is -3.24. The molecule has 0 bridgehead atoms. The van der Waals surface area contributed by atoms with E-state index in [9.17, 15) is 13.2 Å². The molecule has 2 aromatic carbocycles. The molecule has 3 aromatic rings. The summed E-state index contributed by atoms with van der Waals surface area (Å²) in [5.74, 6) is 1.08. The number of nitrogens with zero attached hydrogens (tertiary/aromatic N) is 2. The summed E-state index contributed by atoms with van der Waals surface area (Å²) < 4.78 is 37.6. The number of benzene rings is 2. The Morgan fingerprint density at radius 1 is 1.16 bits per heavy atom. The van der Waals surface area contributed by atoms with Gasteiger partial charge in [-0.3, -0.25) is 4.79 Å². The number of hydrogen-bond acceptors (Lipinski definition) is 7. The number of amides is 1. The predicted octanol–water partition coefficient (Wildman–Crippen LogP) is 3.34. The Morgan fingerprint density at radius 3 is 2.47 bits per heavy atom. The van der Waals surface area contributed by atoms with Gasteiger partial charge in [-0.05, 0) is 35.9 Å². The molecule has 0 aliphatic carbocycles. The molecule has 170 valence electrons. The fraction of sp³-hybridized carbons (Fsp3) is 0.318. The Balaban J connectivity index is 1.73. The second kappa shape index (κ2) is 9.92. The number of sulfonamides is 1. The standard InChI is InChI=1S/C22H26N4O5S/c1-5-23-32(28,29)19-13-16(8-11-18(19)30-4)21(27)24-17-9-6-15(7-10-17)12-20-25-22(14(2)3)31-26-20/h6-11,13-14,23H,5,12H2,1-4H3,(H,24,27). The summed E-state index contributed by atoms with van der Waals surface area (Å²) in [5.41, 5.74) is 1.73. The van der Waals surface area contributed by atoms with Crippen molar-refractivity contribution in [3.05, 3.63) is 65.3 Å². The van der Waals surface area contributed by atoms with Crippen LogP contribution in [0.5, 0.6) is 5.75 Å². The van der Waals surface area contributed by atoms with E-state index in [1.165, 1.54) is 25.3 Å². The van der Waals surface area contributed by atoms with E-state index in [-0.39, 0.29) is 28.7 Å². The first kappa shape index (κ1) is 23.4. The molecule has 9 nitrogen and oxygen atoms in total. The van der Waals surface area contributed by atoms with Crippen LogP contribution in [0, 0.1) is 0 Å². The third-order valence-corrected chi connectivity index (χ3v) is 6.17. The SMILES string of the molecule is CCNS(=O)(=O)c1cc(C(=O)Nc2ccc(Cc3noc(C(C)C)n3)cc2)ccc1OC. The fourth-order valence-corrected chi connectivity index (χ4v) is 4.20. The first-order valence-corrected chi connectivity index (χ1v) is 11.6. The van der Waals surface area contributed by atoms with Gasteiger partial charge < -0.3 is 14.6 Å². The highest BCUT2D eigenvalue weighted by Gasteiger charge is 2.21. The first-order chi connectivity index (χ1) is 15.2. The molecule has 0 spiro atoms. The third kappa shape index (κ3) is 5.51. The Bertz CT molecular complexity index is 1190. The molecule has 0 radical (unpaired) electrons. The number of methoxy groups -OCH3 is 1. The third-order valence-electron chi connectivity index (χ3n) is 4.60. The van der Waals surface area contributed by atoms with Crippen molar-refractivity contribution in [2.24, 2.45) is 0 Å². The largest absolute Gasteiger partial charge is 0.495 e. The molecule has 10 heteroatoms. The van der Waals surface area contributed by atoms with Gasteiger partial charge in [-0.1, -0.05) is 38.1 Å². The number of carbonyl (C=O) groups excluding carboxylic acids is 1. The van der Waals surface area contributed by atoms with E-state index in [1.807, 2.05) is 26.0 Å². The van der Waals surface area contributed by atoms with E-state index in [4.69, 9.17) is 9.26 Å². The average Bonchev–Trinajstić information content (AvgIpc) is 3.23. The molecule has 0 saturated carbocycles. The van der Waals surface area contributed by atoms with Crippen LogP contribution in [0.4, 0.5) is 5.69 Å². The lowest BCUT2D eigenvalue weighted by Gasteiger charge is -2.12. The van der Waals surface area contributed by atoms with Gasteiger partial charge in [0.25, 0.3) is 5.91 Å². The predicted molar refractivity (Wildman–Crippen MR) is 119 cm³/mol. The Labute approximate surface area is 187 Å². The first-order valence-electron chi connectivity index (χ1n) is 10.1. The van der Waals surface area contributed by atoms with Gasteiger partial charge in [0, 0.05) is 30.1 Å². The molecule has 1 aromatic heterocycles. The van der Waals surface area contributed by atoms with E-state index >= 15 is 0 Å². The quantitative estimate of drug-likeness (QED) is 0.504. The maximum Gasteiger partial charge on any atom is 0.255 e. The molecule has 0 atom stereocenters. The average molecular weight is 459 g/mol. The highest BCUT2D eigenvalue weighted by molar-refractivity contribution is 7.89. The lowest BCUT2D eigenvalue weighted by Crippen LogP contribution is -2.24. The van der Waals surface area contributed by atoms with E-state index in [1.54, 1.807) is 19.1 Å². The topological polar surface area (TPSA) is 123 Å². The molecular formula is C22H26N4O5S. The lowest BCUT2D eigenvalue weighted by atomic mass is 10.1. The van der Waals surface area contributed by atoms with Gasteiger partial charge in [-0.2, -0.15) is 4.98 Å². The number of aromatic nitrogens is 2. The molecular weight excluding hydrogens is 432 g/mol. The van der Waals surface area contributed by atoms with Crippen molar-refractivity contribution in [2.75, 3.05) is 19.0 Å². The van der Waals surface area contributed by atoms with Crippen LogP contribution in [-0.4, -0.2) is 38.1 Å². The smallest absolute Gasteiger partial charge is 0.255 e. The maximum atomic E-state index is 12.7. The van der Waals surface area contributed by atoms with Crippen LogP contribution < -0.4 is 14.8 Å². The van der Waals surface area contributed by atoms with Crippen molar-refractivity contribution >= 4 is 21.6 Å². The zero-order chi connectivity index (χ0) is 23.3. The molecule has 32 heavy (non-hydrogen) atoms. The van der Waals surface area contributed by atoms with E-state index < -0.39 is 15.9 Å². The van der Waals surface area contributed by atoms with Gasteiger partial charge in [0.1, 0.15) is 10.6 Å². The monoisotopic (exact) mass is 458 g/mol. The summed E-state index contributed by atoms with van der Waals surface area (Å²) in [4.78, 5) is 17.0. The van der Waals surface area contributed by atoms with Gasteiger partial charge >= 0.3 is 0 Å². The number of anilines is 1. The van der Waals surface area contributed by atoms with Crippen LogP contribution in [0.1, 0.15) is 54.3 Å². The molecule has 3 rings (SSSR count). The van der Waals surface area contributed by atoms with Crippen LogP contribution in [0.15, 0.2) is 51.9 Å². The summed E-state index contributed by atoms with van der Waals surface area (Å²) >= 11 is 0. The van der Waals surface area contributed by atoms with E-state index in [2.05, 4.69) is 20.2 Å². The van der Waals surface area contributed by atoms with Gasteiger partial charge in [0.2, 0.25) is 15.9 Å². The molecule has 2 N–H and O–H groups in total. The second-order valence-electron chi connectivity index (χ2n) is 7.40. The van der Waals surface area contributed by atoms with Crippen molar-refractivity contribution in [1.82, 2.24) is 14.9 Å². The molecule has 0 aliphatic heterocycles. The number of nitrogens with one attached hydrogen (secondary N) is 2. The van der Waals surface area contributed by atoms with Crippen molar-refractivity contribution in [3.8, 4) is 5.75 Å². The van der Waals surface area contributed by atoms with Crippen LogP contribution in [0.2, 0.25) is 0 Å². The zero-order valence-corrected chi connectivity index (χ0v) is 19.2. The molecule has 0 fully saturated rings. The Kier molecular flexibility index (Phi) is 7.26. The molecule has 1 amide bonds. The summed E-state index contributed by atoms with van der Waals surface area (Å²) in [6.45, 7) is 5.86. The van der Waals surface area contributed by atoms with Crippen LogP contribution in [-0.2, 0) is 16.4 Å². The Morgan fingerprint density at radius 2 is 1.88 bits per heavy atom. The van der Waals surface area contributed by atoms with Crippen molar-refractivity contribution in [3.63, 3.8) is 0 Å². The minimum atomic E-state index is -3.80. The highest BCUT2D eigenvalue weighted by atomic mass is 32.2. The van der Waals surface area contributed by atoms with Crippen molar-refractivity contribution < 1.29 is 22.5 Å². The number of carbonyl (C=O) groups is 1. The van der Waals surface area contributed by atoms with Crippen LogP contribution in [0.3, 0.4) is 0 Å². The molecule has 0 saturated heterocycles. The van der Waals surface area contributed by atoms with Crippen LogP contribution >= 0.6 is 0 Å². The summed E-state index contributed by atoms with van der Waals surface area (Å²) in [6, 6.07) is 11.5. The van der Waals surface area contributed by atoms with E-state index in [0.29, 0.717) is 23.8 Å². The zero-order valence-electron chi connectivity index (χ0n) is 18.4. The van der Waals surface area contributed by atoms with Crippen molar-refractivity contribution in [1.29, 1.82) is 0 Å². The molecule has 0 aliphatic rings. The van der Waals surface area contributed by atoms with Gasteiger partial charge in [-0.25, -0.2) is 13.1 Å². The number of rotatable bonds is 9. The summed E-state index contributed by atoms with van der Waals surface area (Å²) in [6.07, 6.45) is 0.509. The summed E-state index contributed by atoms with van der Waals surface area (Å²) in [5, 5.41) is 6.75. The minimum Gasteiger partial charge on any atom is -0.495 e. The maximum absolute atomic E-state index is 12.7. The number of hydrogen-bond donors (Lipinski definition) is 2. The van der Waals surface area contributed by atoms with Gasteiger partial charge in [0.05, 0.1) is 7.11 Å². The van der Waals surface area contributed by atoms with E-state index in [0.717, 1.165) is 5.56 Å². The minimum absolute atomic E-state index is 0.0919. The van der Waals surface area contributed by atoms with Gasteiger partial charge in [0.15, 0.2) is 5.82 Å². The number of ether oxygens (including phenoxy) is 1. The molecule has 1 heterocycles.